The Balaban J connectivity index is 2.26. The van der Waals surface area contributed by atoms with Crippen molar-refractivity contribution in [1.29, 1.82) is 0 Å². The zero-order valence-electron chi connectivity index (χ0n) is 10.6. The first-order valence-corrected chi connectivity index (χ1v) is 13.3. The lowest BCUT2D eigenvalue weighted by atomic mass is 9.91. The fraction of sp³-hybridized carbons (Fsp3) is 1.00. The van der Waals surface area contributed by atoms with E-state index in [1.165, 1.54) is 19.3 Å². The van der Waals surface area contributed by atoms with Gasteiger partial charge in [-0.3, -0.25) is 9.65 Å². The van der Waals surface area contributed by atoms with Gasteiger partial charge in [-0.1, -0.05) is 27.2 Å². The van der Waals surface area contributed by atoms with Crippen LogP contribution in [0.3, 0.4) is 0 Å². The van der Waals surface area contributed by atoms with Crippen LogP contribution in [0.5, 0.6) is 0 Å². The first-order chi connectivity index (χ1) is 8.53. The van der Waals surface area contributed by atoms with Crippen LogP contribution < -0.4 is 5.09 Å². The molecule has 0 aromatic heterocycles. The zero-order chi connectivity index (χ0) is 13.4. The number of aliphatic hydroxyl groups is 1. The van der Waals surface area contributed by atoms with Gasteiger partial charge in [-0.2, -0.15) is 0 Å². The summed E-state index contributed by atoms with van der Waals surface area (Å²) in [4.78, 5) is 9.96. The first kappa shape index (κ1) is 17.5. The third kappa shape index (κ3) is 7.86. The normalized spacial score (nSPS) is 23.9. The van der Waals surface area contributed by atoms with Gasteiger partial charge in [0.25, 0.3) is 0 Å². The molecule has 0 radical (unpaired) electrons. The summed E-state index contributed by atoms with van der Waals surface area (Å²) in [6.07, 6.45) is 5.53. The smallest absolute Gasteiger partial charge is 0.203 e. The maximum Gasteiger partial charge on any atom is 0.203 e. The molecule has 0 aromatic carbocycles. The van der Waals surface area contributed by atoms with Gasteiger partial charge in [-0.25, -0.2) is 0 Å². The van der Waals surface area contributed by atoms with E-state index in [0.717, 1.165) is 20.8 Å². The maximum absolute atomic E-state index is 12.1. The molecular weight excluding hydrogens is 306 g/mol. The molecule has 0 aromatic rings. The summed E-state index contributed by atoms with van der Waals surface area (Å²) in [7, 11) is 0.832. The molecule has 4 nitrogen and oxygen atoms in total. The Hall–Kier alpha value is 1.40. The predicted octanol–water partition coefficient (Wildman–Crippen LogP) is 2.76. The largest absolute Gasteiger partial charge is 0.391 e. The molecule has 0 heterocycles. The van der Waals surface area contributed by atoms with Gasteiger partial charge in [0.1, 0.15) is 0 Å². The summed E-state index contributed by atoms with van der Waals surface area (Å²) < 4.78 is 12.1. The monoisotopic (exact) mass is 331 g/mol. The maximum atomic E-state index is 12.1. The second kappa shape index (κ2) is 9.36. The SMILES string of the molecule is O=P(O)(CC(O)CNPPP)CC1CCCCC1. The highest BCUT2D eigenvalue weighted by atomic mass is 32.4. The van der Waals surface area contributed by atoms with Crippen molar-refractivity contribution in [2.45, 2.75) is 38.2 Å². The van der Waals surface area contributed by atoms with Gasteiger partial charge in [-0.15, -0.1) is 8.93 Å². The van der Waals surface area contributed by atoms with E-state index < -0.39 is 13.5 Å². The Morgan fingerprint density at radius 2 is 2.06 bits per heavy atom. The minimum absolute atomic E-state index is 0.0426. The highest BCUT2D eigenvalue weighted by Gasteiger charge is 2.27. The molecule has 0 saturated heterocycles. The van der Waals surface area contributed by atoms with Crippen molar-refractivity contribution in [3.63, 3.8) is 0 Å². The van der Waals surface area contributed by atoms with Crippen LogP contribution in [0.2, 0.25) is 0 Å². The first-order valence-electron chi connectivity index (χ1n) is 6.46. The molecule has 108 valence electrons. The number of hydrogen-bond donors (Lipinski definition) is 3. The third-order valence-electron chi connectivity index (χ3n) is 3.26. The topological polar surface area (TPSA) is 69.6 Å². The van der Waals surface area contributed by atoms with Gasteiger partial charge in [0.2, 0.25) is 7.37 Å². The van der Waals surface area contributed by atoms with Gasteiger partial charge in [0.15, 0.2) is 0 Å². The molecule has 1 rings (SSSR count). The number of hydrogen-bond acceptors (Lipinski definition) is 3. The summed E-state index contributed by atoms with van der Waals surface area (Å²) in [5.41, 5.74) is 0. The Kier molecular flexibility index (Phi) is 9.07. The molecule has 5 unspecified atom stereocenters. The zero-order valence-corrected chi connectivity index (χ0v) is 14.7. The fourth-order valence-corrected chi connectivity index (χ4v) is 6.54. The van der Waals surface area contributed by atoms with Crippen molar-refractivity contribution >= 4 is 32.7 Å². The van der Waals surface area contributed by atoms with E-state index >= 15 is 0 Å². The van der Waals surface area contributed by atoms with E-state index in [2.05, 4.69) is 14.0 Å². The minimum Gasteiger partial charge on any atom is -0.391 e. The molecule has 1 saturated carbocycles. The van der Waals surface area contributed by atoms with E-state index in [-0.39, 0.29) is 6.16 Å². The molecule has 0 amide bonds. The van der Waals surface area contributed by atoms with Crippen LogP contribution in [0.4, 0.5) is 0 Å². The number of rotatable bonds is 8. The van der Waals surface area contributed by atoms with Gasteiger partial charge < -0.3 is 10.00 Å². The summed E-state index contributed by atoms with van der Waals surface area (Å²) in [6, 6.07) is 0. The van der Waals surface area contributed by atoms with Gasteiger partial charge in [0.05, 0.1) is 12.3 Å². The van der Waals surface area contributed by atoms with Crippen molar-refractivity contribution in [2.24, 2.45) is 5.92 Å². The third-order valence-corrected chi connectivity index (χ3v) is 8.13. The molecule has 1 fully saturated rings. The minimum atomic E-state index is -3.16. The second-order valence-electron chi connectivity index (χ2n) is 5.02. The average molecular weight is 331 g/mol. The van der Waals surface area contributed by atoms with E-state index in [1.54, 1.807) is 0 Å². The molecule has 18 heavy (non-hydrogen) atoms. The number of nitrogens with one attached hydrogen (secondary N) is 1. The van der Waals surface area contributed by atoms with Crippen LogP contribution in [0.25, 0.3) is 0 Å². The van der Waals surface area contributed by atoms with Crippen LogP contribution in [0.15, 0.2) is 0 Å². The van der Waals surface area contributed by atoms with E-state index in [4.69, 9.17) is 0 Å². The highest BCUT2D eigenvalue weighted by Crippen LogP contribution is 2.46. The predicted molar refractivity (Wildman–Crippen MR) is 86.5 cm³/mol. The standard InChI is InChI=1S/C10H25NO3P4/c12-10(6-11-16-17-15)8-18(13,14)7-9-4-2-1-3-5-9/h9-12,16-17H,1-8,15H2,(H,13,14). The summed E-state index contributed by atoms with van der Waals surface area (Å²) >= 11 is 0. The van der Waals surface area contributed by atoms with Crippen molar-refractivity contribution in [1.82, 2.24) is 5.09 Å². The molecule has 1 aliphatic carbocycles. The lowest BCUT2D eigenvalue weighted by molar-refractivity contribution is 0.198. The van der Waals surface area contributed by atoms with Crippen molar-refractivity contribution in [3.8, 4) is 0 Å². The second-order valence-corrected chi connectivity index (χ2v) is 12.5. The fourth-order valence-electron chi connectivity index (χ4n) is 2.46. The average Bonchev–Trinajstić information content (AvgIpc) is 2.29. The van der Waals surface area contributed by atoms with E-state index in [1.807, 2.05) is 0 Å². The lowest BCUT2D eigenvalue weighted by Crippen LogP contribution is -2.26. The Bertz CT molecular complexity index is 274. The van der Waals surface area contributed by atoms with Crippen LogP contribution >= 0.6 is 32.7 Å². The molecule has 3 N–H and O–H groups in total. The number of aliphatic hydroxyl groups excluding tert-OH is 1. The van der Waals surface area contributed by atoms with Crippen molar-refractivity contribution in [2.75, 3.05) is 18.9 Å². The summed E-state index contributed by atoms with van der Waals surface area (Å²) in [6.45, 7) is 0.426. The summed E-state index contributed by atoms with van der Waals surface area (Å²) in [5, 5.41) is 12.8. The molecule has 8 heteroatoms. The Morgan fingerprint density at radius 3 is 2.67 bits per heavy atom. The molecule has 0 spiro atoms. The van der Waals surface area contributed by atoms with Gasteiger partial charge >= 0.3 is 0 Å². The quantitative estimate of drug-likeness (QED) is 0.472. The van der Waals surface area contributed by atoms with Crippen molar-refractivity contribution in [3.05, 3.63) is 0 Å². The molecule has 1 aliphatic rings. The molecule has 0 bridgehead atoms. The van der Waals surface area contributed by atoms with Crippen molar-refractivity contribution < 1.29 is 14.6 Å². The van der Waals surface area contributed by atoms with Crippen LogP contribution in [-0.4, -0.2) is 35.0 Å². The van der Waals surface area contributed by atoms with E-state index in [9.17, 15) is 14.6 Å². The van der Waals surface area contributed by atoms with Gasteiger partial charge in [-0.05, 0) is 27.2 Å². The Labute approximate surface area is 116 Å². The summed E-state index contributed by atoms with van der Waals surface area (Å²) in [5.74, 6) is 0.394. The Morgan fingerprint density at radius 1 is 1.39 bits per heavy atom. The van der Waals surface area contributed by atoms with Crippen LogP contribution in [0.1, 0.15) is 32.1 Å². The molecular formula is C10H25NO3P4. The lowest BCUT2D eigenvalue weighted by Gasteiger charge is -2.25. The highest BCUT2D eigenvalue weighted by molar-refractivity contribution is 8.38. The molecule has 0 aliphatic heterocycles. The van der Waals surface area contributed by atoms with Crippen LogP contribution in [-0.2, 0) is 4.57 Å². The van der Waals surface area contributed by atoms with Crippen LogP contribution in [0, 0.1) is 5.92 Å². The van der Waals surface area contributed by atoms with Gasteiger partial charge in [0, 0.05) is 12.7 Å². The molecule has 5 atom stereocenters. The van der Waals surface area contributed by atoms with E-state index in [0.29, 0.717) is 27.0 Å².